The van der Waals surface area contributed by atoms with Crippen LogP contribution in [0.2, 0.25) is 13.1 Å². The summed E-state index contributed by atoms with van der Waals surface area (Å²) in [4.78, 5) is 0. The first-order chi connectivity index (χ1) is 13.7. The van der Waals surface area contributed by atoms with Crippen LogP contribution in [0.3, 0.4) is 0 Å². The van der Waals surface area contributed by atoms with Crippen molar-refractivity contribution in [3.05, 3.63) is 87.5 Å². The summed E-state index contributed by atoms with van der Waals surface area (Å²) in [7, 11) is -0.358. The Balaban J connectivity index is 2.37. The Bertz CT molecular complexity index is 929. The summed E-state index contributed by atoms with van der Waals surface area (Å²) in [5.74, 6) is 0. The van der Waals surface area contributed by atoms with Gasteiger partial charge in [-0.3, -0.25) is 0 Å². The molecule has 0 atom stereocenters. The number of benzene rings is 3. The SMILES string of the molecule is Cc1cc(C)c(B(c2ccccc2C[Si](C)C)c2c(C)cc(C)cc2C)c(C)c1. The highest BCUT2D eigenvalue weighted by Crippen LogP contribution is 2.14. The van der Waals surface area contributed by atoms with Gasteiger partial charge in [0.05, 0.1) is 0 Å². The summed E-state index contributed by atoms with van der Waals surface area (Å²) >= 11 is 0. The Labute approximate surface area is 180 Å². The molecule has 3 aromatic carbocycles. The summed E-state index contributed by atoms with van der Waals surface area (Å²) in [5, 5.41) is 0. The van der Waals surface area contributed by atoms with E-state index in [1.807, 2.05) is 0 Å². The second kappa shape index (κ2) is 8.75. The average Bonchev–Trinajstić information content (AvgIpc) is 2.59. The van der Waals surface area contributed by atoms with Gasteiger partial charge in [-0.25, -0.2) is 0 Å². The predicted octanol–water partition coefficient (Wildman–Crippen LogP) is 4.89. The molecule has 0 bridgehead atoms. The van der Waals surface area contributed by atoms with E-state index in [-0.39, 0.29) is 15.5 Å². The topological polar surface area (TPSA) is 0 Å². The molecule has 0 saturated carbocycles. The van der Waals surface area contributed by atoms with Gasteiger partial charge in [-0.2, -0.15) is 0 Å². The minimum atomic E-state index is -0.358. The van der Waals surface area contributed by atoms with Crippen LogP contribution in [-0.4, -0.2) is 15.5 Å². The van der Waals surface area contributed by atoms with Crippen LogP contribution in [0.25, 0.3) is 0 Å². The van der Waals surface area contributed by atoms with Crippen LogP contribution in [0.1, 0.15) is 38.9 Å². The first-order valence-corrected chi connectivity index (χ1v) is 13.4. The zero-order valence-electron chi connectivity index (χ0n) is 19.4. The van der Waals surface area contributed by atoms with E-state index in [0.29, 0.717) is 0 Å². The normalized spacial score (nSPS) is 11.2. The molecule has 0 N–H and O–H groups in total. The van der Waals surface area contributed by atoms with Crippen molar-refractivity contribution in [3.8, 4) is 0 Å². The van der Waals surface area contributed by atoms with Crippen molar-refractivity contribution in [1.29, 1.82) is 0 Å². The molecule has 3 aromatic rings. The summed E-state index contributed by atoms with van der Waals surface area (Å²) in [6.45, 7) is 18.7. The molecule has 0 heterocycles. The van der Waals surface area contributed by atoms with Crippen LogP contribution in [-0.2, 0) is 6.04 Å². The maximum absolute atomic E-state index is 2.42. The molecule has 0 saturated heterocycles. The third kappa shape index (κ3) is 4.59. The summed E-state index contributed by atoms with van der Waals surface area (Å²) in [6.07, 6.45) is 0. The van der Waals surface area contributed by atoms with E-state index in [1.165, 1.54) is 61.4 Å². The number of aryl methyl sites for hydroxylation is 6. The van der Waals surface area contributed by atoms with E-state index in [2.05, 4.69) is 103 Å². The second-order valence-corrected chi connectivity index (χ2v) is 11.9. The highest BCUT2D eigenvalue weighted by Gasteiger charge is 2.30. The molecule has 3 rings (SSSR count). The van der Waals surface area contributed by atoms with Gasteiger partial charge < -0.3 is 0 Å². The highest BCUT2D eigenvalue weighted by atomic mass is 28.3. The van der Waals surface area contributed by atoms with Crippen molar-refractivity contribution in [2.45, 2.75) is 60.7 Å². The van der Waals surface area contributed by atoms with Crippen LogP contribution in [0.15, 0.2) is 48.5 Å². The largest absolute Gasteiger partial charge is 0.242 e. The molecular weight excluding hydrogens is 363 g/mol. The lowest BCUT2D eigenvalue weighted by Crippen LogP contribution is -2.57. The Hall–Kier alpha value is -2.06. The van der Waals surface area contributed by atoms with E-state index >= 15 is 0 Å². The van der Waals surface area contributed by atoms with Crippen molar-refractivity contribution in [1.82, 2.24) is 0 Å². The maximum Gasteiger partial charge on any atom is 0.242 e. The molecule has 0 aliphatic carbocycles. The third-order valence-electron chi connectivity index (χ3n) is 5.96. The lowest BCUT2D eigenvalue weighted by molar-refractivity contribution is 1.33. The summed E-state index contributed by atoms with van der Waals surface area (Å²) in [6, 6.07) is 19.8. The zero-order chi connectivity index (χ0) is 21.3. The smallest absolute Gasteiger partial charge is 0.0710 e. The lowest BCUT2D eigenvalue weighted by Gasteiger charge is -2.26. The molecule has 0 aromatic heterocycles. The van der Waals surface area contributed by atoms with Crippen LogP contribution in [0, 0.1) is 41.5 Å². The fraction of sp³-hybridized carbons (Fsp3) is 0.333. The summed E-state index contributed by atoms with van der Waals surface area (Å²) < 4.78 is 0. The molecule has 1 radical (unpaired) electrons. The monoisotopic (exact) mass is 397 g/mol. The van der Waals surface area contributed by atoms with E-state index < -0.39 is 0 Å². The molecular formula is C27H34BSi. The fourth-order valence-electron chi connectivity index (χ4n) is 5.11. The third-order valence-corrected chi connectivity index (χ3v) is 7.05. The number of hydrogen-bond donors (Lipinski definition) is 0. The Kier molecular flexibility index (Phi) is 6.53. The van der Waals surface area contributed by atoms with Crippen molar-refractivity contribution in [3.63, 3.8) is 0 Å². The molecule has 2 heteroatoms. The van der Waals surface area contributed by atoms with Gasteiger partial charge in [0, 0.05) is 8.80 Å². The van der Waals surface area contributed by atoms with Gasteiger partial charge in [-0.05, 0) is 47.6 Å². The van der Waals surface area contributed by atoms with Crippen molar-refractivity contribution >= 4 is 31.9 Å². The van der Waals surface area contributed by atoms with Gasteiger partial charge >= 0.3 is 0 Å². The summed E-state index contributed by atoms with van der Waals surface area (Å²) in [5.41, 5.74) is 14.3. The van der Waals surface area contributed by atoms with E-state index in [0.717, 1.165) is 0 Å². The van der Waals surface area contributed by atoms with E-state index in [4.69, 9.17) is 0 Å². The number of hydrogen-bond acceptors (Lipinski definition) is 0. The van der Waals surface area contributed by atoms with Crippen LogP contribution in [0.4, 0.5) is 0 Å². The maximum atomic E-state index is 2.42. The molecule has 0 nitrogen and oxygen atoms in total. The van der Waals surface area contributed by atoms with Crippen LogP contribution in [0.5, 0.6) is 0 Å². The van der Waals surface area contributed by atoms with Gasteiger partial charge in [-0.15, -0.1) is 0 Å². The van der Waals surface area contributed by atoms with Crippen molar-refractivity contribution in [2.75, 3.05) is 0 Å². The van der Waals surface area contributed by atoms with Crippen LogP contribution >= 0.6 is 0 Å². The van der Waals surface area contributed by atoms with Crippen LogP contribution < -0.4 is 16.4 Å². The van der Waals surface area contributed by atoms with E-state index in [1.54, 1.807) is 0 Å². The first kappa shape index (κ1) is 21.6. The fourth-order valence-corrected chi connectivity index (χ4v) is 6.19. The molecule has 0 aliphatic heterocycles. The molecule has 149 valence electrons. The van der Waals surface area contributed by atoms with E-state index in [9.17, 15) is 0 Å². The lowest BCUT2D eigenvalue weighted by atomic mass is 9.33. The Morgan fingerprint density at radius 1 is 0.655 bits per heavy atom. The standard InChI is InChI=1S/C27H34BSi/c1-18-13-20(3)26(21(4)14-18)28(27-22(5)15-19(2)16-23(27)6)25-12-10-9-11-24(25)17-29(7)8/h9-16H,17H2,1-8H3. The highest BCUT2D eigenvalue weighted by molar-refractivity contribution is 6.97. The second-order valence-electron chi connectivity index (χ2n) is 9.14. The van der Waals surface area contributed by atoms with Gasteiger partial charge in [0.15, 0.2) is 0 Å². The molecule has 0 spiro atoms. The Morgan fingerprint density at radius 3 is 1.48 bits per heavy atom. The molecule has 0 fully saturated rings. The molecule has 29 heavy (non-hydrogen) atoms. The van der Waals surface area contributed by atoms with Gasteiger partial charge in [0.25, 0.3) is 0 Å². The van der Waals surface area contributed by atoms with Gasteiger partial charge in [0.2, 0.25) is 6.71 Å². The van der Waals surface area contributed by atoms with Gasteiger partial charge in [-0.1, -0.05) is 117 Å². The molecule has 0 amide bonds. The molecule has 0 unspecified atom stereocenters. The zero-order valence-corrected chi connectivity index (χ0v) is 20.4. The minimum absolute atomic E-state index is 0.286. The number of rotatable bonds is 5. The Morgan fingerprint density at radius 2 is 1.07 bits per heavy atom. The van der Waals surface area contributed by atoms with Crippen molar-refractivity contribution < 1.29 is 0 Å². The predicted molar refractivity (Wildman–Crippen MR) is 134 cm³/mol. The van der Waals surface area contributed by atoms with Crippen molar-refractivity contribution in [2.24, 2.45) is 0 Å². The van der Waals surface area contributed by atoms with Gasteiger partial charge in [0.1, 0.15) is 0 Å². The first-order valence-electron chi connectivity index (χ1n) is 10.7. The molecule has 0 aliphatic rings. The minimum Gasteiger partial charge on any atom is -0.0710 e. The quantitative estimate of drug-likeness (QED) is 0.538. The average molecular weight is 397 g/mol.